The van der Waals surface area contributed by atoms with Gasteiger partial charge in [-0.15, -0.1) is 0 Å². The van der Waals surface area contributed by atoms with E-state index in [0.717, 1.165) is 11.6 Å². The van der Waals surface area contributed by atoms with E-state index in [1.54, 1.807) is 25.1 Å². The minimum atomic E-state index is -4.45. The number of fused-ring (bicyclic) bond motifs is 1. The lowest BCUT2D eigenvalue weighted by Gasteiger charge is -2.24. The van der Waals surface area contributed by atoms with Crippen LogP contribution in [0.25, 0.3) is 0 Å². The van der Waals surface area contributed by atoms with Gasteiger partial charge >= 0.3 is 6.18 Å². The van der Waals surface area contributed by atoms with Gasteiger partial charge in [0.15, 0.2) is 6.10 Å². The maximum atomic E-state index is 13.2. The van der Waals surface area contributed by atoms with Crippen LogP contribution in [-0.4, -0.2) is 16.9 Å². The smallest absolute Gasteiger partial charge is 0.416 e. The highest BCUT2D eigenvalue weighted by molar-refractivity contribution is 5.81. The van der Waals surface area contributed by atoms with Crippen LogP contribution in [0.1, 0.15) is 23.6 Å². The Morgan fingerprint density at radius 1 is 1.12 bits per heavy atom. The van der Waals surface area contributed by atoms with Crippen molar-refractivity contribution in [1.29, 1.82) is 0 Å². The molecule has 0 aliphatic carbocycles. The van der Waals surface area contributed by atoms with Gasteiger partial charge in [-0.3, -0.25) is 4.79 Å². The van der Waals surface area contributed by atoms with Crippen LogP contribution in [0.3, 0.4) is 0 Å². The van der Waals surface area contributed by atoms with Crippen LogP contribution in [0.5, 0.6) is 5.75 Å². The van der Waals surface area contributed by atoms with Gasteiger partial charge in [0.2, 0.25) is 0 Å². The van der Waals surface area contributed by atoms with E-state index in [2.05, 4.69) is 0 Å². The summed E-state index contributed by atoms with van der Waals surface area (Å²) in [6.07, 6.45) is -5.20. The number of carbonyl (C=O) groups excluding carboxylic acids is 1. The first-order valence-electron chi connectivity index (χ1n) is 7.54. The summed E-state index contributed by atoms with van der Waals surface area (Å²) in [5, 5.41) is 0. The van der Waals surface area contributed by atoms with Crippen LogP contribution in [0.15, 0.2) is 48.5 Å². The Balaban J connectivity index is 1.94. The number of hydrogen-bond donors (Lipinski definition) is 0. The molecule has 3 rings (SSSR count). The second-order valence-corrected chi connectivity index (χ2v) is 5.72. The summed E-state index contributed by atoms with van der Waals surface area (Å²) in [5.74, 6) is 0.258. The molecule has 24 heavy (non-hydrogen) atoms. The first-order chi connectivity index (χ1) is 11.4. The van der Waals surface area contributed by atoms with Crippen LogP contribution in [0, 0.1) is 0 Å². The van der Waals surface area contributed by atoms with Crippen molar-refractivity contribution in [3.8, 4) is 5.75 Å². The van der Waals surface area contributed by atoms with E-state index in [9.17, 15) is 18.0 Å². The molecule has 1 amide bonds. The van der Waals surface area contributed by atoms with Gasteiger partial charge in [0.25, 0.3) is 5.91 Å². The first kappa shape index (κ1) is 16.4. The Labute approximate surface area is 137 Å². The summed E-state index contributed by atoms with van der Waals surface area (Å²) < 4.78 is 45.1. The van der Waals surface area contributed by atoms with E-state index in [1.165, 1.54) is 17.0 Å². The summed E-state index contributed by atoms with van der Waals surface area (Å²) in [6.45, 7) is 1.70. The molecule has 3 nitrogen and oxygen atoms in total. The second kappa shape index (κ2) is 6.19. The fourth-order valence-electron chi connectivity index (χ4n) is 2.81. The van der Waals surface area contributed by atoms with Crippen LogP contribution in [0.4, 0.5) is 13.2 Å². The van der Waals surface area contributed by atoms with E-state index in [0.29, 0.717) is 5.75 Å². The summed E-state index contributed by atoms with van der Waals surface area (Å²) in [5.41, 5.74) is 0.133. The Morgan fingerprint density at radius 2 is 1.79 bits per heavy atom. The van der Waals surface area contributed by atoms with Crippen LogP contribution in [-0.2, 0) is 24.1 Å². The number of amides is 1. The summed E-state index contributed by atoms with van der Waals surface area (Å²) in [7, 11) is 0. The van der Waals surface area contributed by atoms with Crippen molar-refractivity contribution in [3.05, 3.63) is 65.2 Å². The molecule has 2 aromatic rings. The molecule has 1 atom stereocenters. The van der Waals surface area contributed by atoms with Gasteiger partial charge in [0.05, 0.1) is 5.56 Å². The molecule has 0 saturated carbocycles. The molecule has 0 fully saturated rings. The number of hydrogen-bond acceptors (Lipinski definition) is 2. The number of carbonyl (C=O) groups is 1. The minimum Gasteiger partial charge on any atom is -0.481 e. The van der Waals surface area contributed by atoms with E-state index in [-0.39, 0.29) is 24.6 Å². The summed E-state index contributed by atoms with van der Waals surface area (Å²) in [6, 6.07) is 12.5. The molecule has 0 saturated heterocycles. The predicted octanol–water partition coefficient (Wildman–Crippen LogP) is 4.02. The monoisotopic (exact) mass is 335 g/mol. The van der Waals surface area contributed by atoms with Crippen molar-refractivity contribution in [2.75, 3.05) is 0 Å². The maximum Gasteiger partial charge on any atom is 0.416 e. The SMILES string of the molecule is CC1Oc2ccccc2CN(Cc2ccccc2C(F)(F)F)C1=O. The van der Waals surface area contributed by atoms with Crippen molar-refractivity contribution in [2.24, 2.45) is 0 Å². The largest absolute Gasteiger partial charge is 0.481 e. The molecule has 2 aromatic carbocycles. The van der Waals surface area contributed by atoms with Crippen molar-refractivity contribution in [2.45, 2.75) is 32.3 Å². The highest BCUT2D eigenvalue weighted by Crippen LogP contribution is 2.33. The number of halogens is 3. The molecular weight excluding hydrogens is 319 g/mol. The second-order valence-electron chi connectivity index (χ2n) is 5.72. The zero-order valence-electron chi connectivity index (χ0n) is 13.0. The maximum absolute atomic E-state index is 13.2. The third kappa shape index (κ3) is 3.22. The van der Waals surface area contributed by atoms with E-state index < -0.39 is 17.8 Å². The van der Waals surface area contributed by atoms with Crippen LogP contribution >= 0.6 is 0 Å². The topological polar surface area (TPSA) is 29.5 Å². The van der Waals surface area contributed by atoms with E-state index in [4.69, 9.17) is 4.74 Å². The first-order valence-corrected chi connectivity index (χ1v) is 7.54. The highest BCUT2D eigenvalue weighted by atomic mass is 19.4. The zero-order chi connectivity index (χ0) is 17.3. The van der Waals surface area contributed by atoms with Crippen molar-refractivity contribution in [1.82, 2.24) is 4.90 Å². The number of alkyl halides is 3. The number of ether oxygens (including phenoxy) is 1. The Kier molecular flexibility index (Phi) is 4.22. The van der Waals surface area contributed by atoms with E-state index >= 15 is 0 Å². The number of para-hydroxylation sites is 1. The van der Waals surface area contributed by atoms with Gasteiger partial charge in [-0.05, 0) is 24.6 Å². The zero-order valence-corrected chi connectivity index (χ0v) is 13.0. The minimum absolute atomic E-state index is 0.0740. The van der Waals surface area contributed by atoms with Gasteiger partial charge in [-0.25, -0.2) is 0 Å². The fraction of sp³-hybridized carbons (Fsp3) is 0.278. The molecule has 1 unspecified atom stereocenters. The standard InChI is InChI=1S/C18H16F3NO2/c1-12-17(23)22(11-14-7-3-5-9-16(14)24-12)10-13-6-2-4-8-15(13)18(19,20)21/h2-9,12H,10-11H2,1H3. The molecule has 0 spiro atoms. The van der Waals surface area contributed by atoms with Gasteiger partial charge in [-0.1, -0.05) is 36.4 Å². The van der Waals surface area contributed by atoms with Crippen molar-refractivity contribution < 1.29 is 22.7 Å². The lowest BCUT2D eigenvalue weighted by Crippen LogP contribution is -2.37. The molecule has 0 aromatic heterocycles. The molecule has 1 heterocycles. The normalized spacial score (nSPS) is 17.9. The van der Waals surface area contributed by atoms with Gasteiger partial charge < -0.3 is 9.64 Å². The van der Waals surface area contributed by atoms with Gasteiger partial charge in [-0.2, -0.15) is 13.2 Å². The lowest BCUT2D eigenvalue weighted by molar-refractivity contribution is -0.141. The molecule has 6 heteroatoms. The number of rotatable bonds is 2. The summed E-state index contributed by atoms with van der Waals surface area (Å²) in [4.78, 5) is 13.9. The average molecular weight is 335 g/mol. The molecule has 0 bridgehead atoms. The van der Waals surface area contributed by atoms with Gasteiger partial charge in [0.1, 0.15) is 5.75 Å². The molecule has 1 aliphatic heterocycles. The number of nitrogens with zero attached hydrogens (tertiary/aromatic N) is 1. The number of benzene rings is 2. The third-order valence-corrected chi connectivity index (χ3v) is 3.98. The lowest BCUT2D eigenvalue weighted by atomic mass is 10.1. The third-order valence-electron chi connectivity index (χ3n) is 3.98. The predicted molar refractivity (Wildman–Crippen MR) is 82.2 cm³/mol. The molecule has 0 N–H and O–H groups in total. The molecule has 0 radical (unpaired) electrons. The Bertz CT molecular complexity index is 758. The Morgan fingerprint density at radius 3 is 2.54 bits per heavy atom. The van der Waals surface area contributed by atoms with Gasteiger partial charge in [0, 0.05) is 18.7 Å². The fourth-order valence-corrected chi connectivity index (χ4v) is 2.81. The average Bonchev–Trinajstić information content (AvgIpc) is 2.65. The highest BCUT2D eigenvalue weighted by Gasteiger charge is 2.35. The van der Waals surface area contributed by atoms with E-state index in [1.807, 2.05) is 12.1 Å². The van der Waals surface area contributed by atoms with Crippen LogP contribution < -0.4 is 4.74 Å². The molecule has 126 valence electrons. The molecular formula is C18H16F3NO2. The Hall–Kier alpha value is -2.50. The van der Waals surface area contributed by atoms with Crippen molar-refractivity contribution in [3.63, 3.8) is 0 Å². The van der Waals surface area contributed by atoms with Crippen LogP contribution in [0.2, 0.25) is 0 Å². The summed E-state index contributed by atoms with van der Waals surface area (Å²) >= 11 is 0. The molecule has 1 aliphatic rings. The van der Waals surface area contributed by atoms with Crippen molar-refractivity contribution >= 4 is 5.91 Å². The quantitative estimate of drug-likeness (QED) is 0.830.